The molecule has 96 valence electrons. The fraction of sp³-hybridized carbons (Fsp3) is 0.300. The molecular weight excluding hydrogens is 281 g/mol. The second-order valence-corrected chi connectivity index (χ2v) is 4.20. The molecule has 0 bridgehead atoms. The number of rotatable bonds is 4. The smallest absolute Gasteiger partial charge is 0.413 e. The minimum absolute atomic E-state index is 0.104. The number of carbonyl (C=O) groups excluding carboxylic acids is 1. The highest BCUT2D eigenvalue weighted by atomic mass is 35.5. The first-order chi connectivity index (χ1) is 8.65. The van der Waals surface area contributed by atoms with Gasteiger partial charge in [-0.05, 0) is 11.6 Å². The van der Waals surface area contributed by atoms with Gasteiger partial charge in [0.2, 0.25) is 0 Å². The maximum Gasteiger partial charge on any atom is 0.413 e. The Balaban J connectivity index is 1.78. The van der Waals surface area contributed by atoms with Gasteiger partial charge in [-0.1, -0.05) is 28.4 Å². The predicted molar refractivity (Wildman–Crippen MR) is 65.8 cm³/mol. The van der Waals surface area contributed by atoms with Crippen molar-refractivity contribution in [2.24, 2.45) is 5.16 Å². The van der Waals surface area contributed by atoms with Crippen LogP contribution < -0.4 is 5.32 Å². The summed E-state index contributed by atoms with van der Waals surface area (Å²) in [7, 11) is 0. The normalized spacial score (nSPS) is 16.6. The highest BCUT2D eigenvalue weighted by Gasteiger charge is 2.17. The lowest BCUT2D eigenvalue weighted by Gasteiger charge is -2.02. The van der Waals surface area contributed by atoms with Crippen LogP contribution in [0.1, 0.15) is 5.56 Å². The third-order valence-corrected chi connectivity index (χ3v) is 2.78. The average molecular weight is 290 g/mol. The van der Waals surface area contributed by atoms with Crippen molar-refractivity contribution in [3.8, 4) is 0 Å². The van der Waals surface area contributed by atoms with Gasteiger partial charge in [-0.3, -0.25) is 5.32 Å². The lowest BCUT2D eigenvalue weighted by Crippen LogP contribution is -2.20. The summed E-state index contributed by atoms with van der Waals surface area (Å²) in [6.07, 6.45) is 1.67. The van der Waals surface area contributed by atoms with E-state index in [4.69, 9.17) is 28.0 Å². The number of carbonyl (C=O) groups is 1. The van der Waals surface area contributed by atoms with Crippen LogP contribution in [-0.4, -0.2) is 30.1 Å². The first-order valence-electron chi connectivity index (χ1n) is 5.07. The van der Waals surface area contributed by atoms with Gasteiger partial charge in [0, 0.05) is 12.6 Å². The van der Waals surface area contributed by atoms with Crippen LogP contribution in [-0.2, 0) is 16.0 Å². The number of hydrogen-bond donors (Lipinski definition) is 1. The average Bonchev–Trinajstić information content (AvgIpc) is 2.75. The highest BCUT2D eigenvalue weighted by Crippen LogP contribution is 2.19. The van der Waals surface area contributed by atoms with Crippen molar-refractivity contribution >= 4 is 35.1 Å². The zero-order chi connectivity index (χ0) is 13.0. The van der Waals surface area contributed by atoms with Crippen molar-refractivity contribution in [1.82, 2.24) is 10.3 Å². The van der Waals surface area contributed by atoms with Crippen LogP contribution in [0.15, 0.2) is 17.4 Å². The number of nitrogens with one attached hydrogen (secondary N) is 1. The molecule has 1 N–H and O–H groups in total. The van der Waals surface area contributed by atoms with Gasteiger partial charge in [0.1, 0.15) is 11.8 Å². The summed E-state index contributed by atoms with van der Waals surface area (Å²) in [5.74, 6) is 0.354. The van der Waals surface area contributed by atoms with Crippen molar-refractivity contribution in [2.45, 2.75) is 6.42 Å². The molecule has 18 heavy (non-hydrogen) atoms. The fourth-order valence-electron chi connectivity index (χ4n) is 1.26. The quantitative estimate of drug-likeness (QED) is 0.523. The highest BCUT2D eigenvalue weighted by molar-refractivity contribution is 6.41. The number of alkyl carbamates (subject to hydrolysis) is 1. The third kappa shape index (κ3) is 3.48. The van der Waals surface area contributed by atoms with E-state index in [9.17, 15) is 4.79 Å². The molecule has 1 fully saturated rings. The Morgan fingerprint density at radius 3 is 3.06 bits per heavy atom. The molecule has 1 aliphatic rings. The third-order valence-electron chi connectivity index (χ3n) is 2.10. The molecule has 1 aromatic rings. The summed E-state index contributed by atoms with van der Waals surface area (Å²) < 4.78 is 4.61. The van der Waals surface area contributed by atoms with Crippen molar-refractivity contribution in [2.75, 3.05) is 13.2 Å². The van der Waals surface area contributed by atoms with Crippen molar-refractivity contribution < 1.29 is 14.4 Å². The largest absolute Gasteiger partial charge is 0.441 e. The van der Waals surface area contributed by atoms with Gasteiger partial charge in [-0.2, -0.15) is 0 Å². The summed E-state index contributed by atoms with van der Waals surface area (Å²) in [6, 6.07) is 1.72. The molecule has 1 aromatic heterocycles. The molecule has 2 rings (SSSR count). The van der Waals surface area contributed by atoms with Gasteiger partial charge in [0.05, 0.1) is 5.02 Å². The fourth-order valence-corrected chi connectivity index (χ4v) is 1.55. The maximum absolute atomic E-state index is 10.7. The van der Waals surface area contributed by atoms with E-state index in [2.05, 4.69) is 20.2 Å². The summed E-state index contributed by atoms with van der Waals surface area (Å²) in [5, 5.41) is 6.76. The van der Waals surface area contributed by atoms with E-state index >= 15 is 0 Å². The van der Waals surface area contributed by atoms with E-state index in [1.165, 1.54) is 0 Å². The lowest BCUT2D eigenvalue weighted by molar-refractivity contribution is 0.145. The molecule has 0 spiro atoms. The SMILES string of the molecule is O=C1NC(=NOCCc2cnc(Cl)c(Cl)c2)CO1. The number of nitrogens with zero attached hydrogens (tertiary/aromatic N) is 2. The molecule has 1 amide bonds. The number of oxime groups is 1. The van der Waals surface area contributed by atoms with Gasteiger partial charge >= 0.3 is 6.09 Å². The number of ether oxygens (including phenoxy) is 1. The van der Waals surface area contributed by atoms with Crippen molar-refractivity contribution in [3.63, 3.8) is 0 Å². The Morgan fingerprint density at radius 1 is 1.56 bits per heavy atom. The molecule has 0 radical (unpaired) electrons. The molecular formula is C10H9Cl2N3O3. The van der Waals surface area contributed by atoms with Crippen LogP contribution in [0.2, 0.25) is 10.2 Å². The van der Waals surface area contributed by atoms with E-state index in [1.807, 2.05) is 0 Å². The molecule has 8 heteroatoms. The van der Waals surface area contributed by atoms with E-state index < -0.39 is 6.09 Å². The van der Waals surface area contributed by atoms with Crippen LogP contribution in [0.3, 0.4) is 0 Å². The monoisotopic (exact) mass is 289 g/mol. The predicted octanol–water partition coefficient (Wildman–Crippen LogP) is 2.00. The molecule has 1 saturated heterocycles. The molecule has 0 unspecified atom stereocenters. The van der Waals surface area contributed by atoms with E-state index in [0.717, 1.165) is 5.56 Å². The van der Waals surface area contributed by atoms with Gasteiger partial charge < -0.3 is 9.57 Å². The second-order valence-electron chi connectivity index (χ2n) is 3.44. The number of pyridine rings is 1. The number of aromatic nitrogens is 1. The standard InChI is InChI=1S/C10H9Cl2N3O3/c11-7-3-6(4-13-9(7)12)1-2-18-15-8-5-17-10(16)14-8/h3-4H,1-2,5H2,(H,14,15,16). The Morgan fingerprint density at radius 2 is 2.39 bits per heavy atom. The minimum Gasteiger partial charge on any atom is -0.441 e. The molecule has 6 nitrogen and oxygen atoms in total. The first kappa shape index (κ1) is 12.9. The number of amides is 1. The zero-order valence-corrected chi connectivity index (χ0v) is 10.7. The first-order valence-corrected chi connectivity index (χ1v) is 5.83. The second kappa shape index (κ2) is 5.88. The van der Waals surface area contributed by atoms with E-state index in [1.54, 1.807) is 12.3 Å². The maximum atomic E-state index is 10.7. The van der Waals surface area contributed by atoms with Gasteiger partial charge in [0.15, 0.2) is 12.4 Å². The van der Waals surface area contributed by atoms with Gasteiger partial charge in [0.25, 0.3) is 0 Å². The summed E-state index contributed by atoms with van der Waals surface area (Å²) in [5.41, 5.74) is 0.885. The Hall–Kier alpha value is -1.53. The zero-order valence-electron chi connectivity index (χ0n) is 9.15. The van der Waals surface area contributed by atoms with E-state index in [-0.39, 0.29) is 11.8 Å². The Labute approximate surface area is 113 Å². The lowest BCUT2D eigenvalue weighted by atomic mass is 10.2. The van der Waals surface area contributed by atoms with Crippen LogP contribution in [0, 0.1) is 0 Å². The van der Waals surface area contributed by atoms with Gasteiger partial charge in [-0.15, -0.1) is 0 Å². The molecule has 0 aliphatic carbocycles. The Kier molecular flexibility index (Phi) is 4.22. The van der Waals surface area contributed by atoms with Crippen LogP contribution in [0.5, 0.6) is 0 Å². The topological polar surface area (TPSA) is 72.8 Å². The summed E-state index contributed by atoms with van der Waals surface area (Å²) in [4.78, 5) is 19.6. The molecule has 1 aliphatic heterocycles. The summed E-state index contributed by atoms with van der Waals surface area (Å²) in [6.45, 7) is 0.437. The molecule has 0 aromatic carbocycles. The van der Waals surface area contributed by atoms with E-state index in [0.29, 0.717) is 23.9 Å². The molecule has 2 heterocycles. The number of hydrogen-bond acceptors (Lipinski definition) is 5. The van der Waals surface area contributed by atoms with Crippen molar-refractivity contribution in [3.05, 3.63) is 28.0 Å². The number of amidine groups is 1. The van der Waals surface area contributed by atoms with Crippen LogP contribution in [0.4, 0.5) is 4.79 Å². The number of cyclic esters (lactones) is 1. The minimum atomic E-state index is -0.522. The molecule has 0 atom stereocenters. The van der Waals surface area contributed by atoms with Crippen LogP contribution >= 0.6 is 23.2 Å². The molecule has 0 saturated carbocycles. The number of halogens is 2. The Bertz CT molecular complexity index is 493. The van der Waals surface area contributed by atoms with Crippen LogP contribution in [0.25, 0.3) is 0 Å². The van der Waals surface area contributed by atoms with Crippen molar-refractivity contribution in [1.29, 1.82) is 0 Å². The summed E-state index contributed by atoms with van der Waals surface area (Å²) >= 11 is 11.5. The van der Waals surface area contributed by atoms with Gasteiger partial charge in [-0.25, -0.2) is 9.78 Å².